The van der Waals surface area contributed by atoms with Crippen LogP contribution in [0, 0.1) is 11.7 Å². The quantitative estimate of drug-likeness (QED) is 0.898. The molecule has 3 atom stereocenters. The van der Waals surface area contributed by atoms with Gasteiger partial charge in [0.2, 0.25) is 0 Å². The monoisotopic (exact) mass is 264 g/mol. The van der Waals surface area contributed by atoms with Gasteiger partial charge < -0.3 is 10.6 Å². The molecule has 0 saturated heterocycles. The second-order valence-corrected chi connectivity index (χ2v) is 5.94. The topological polar surface area (TPSA) is 29.3 Å². The van der Waals surface area contributed by atoms with Crippen molar-refractivity contribution in [2.75, 3.05) is 11.9 Å². The highest BCUT2D eigenvalue weighted by Crippen LogP contribution is 2.32. The van der Waals surface area contributed by atoms with E-state index in [9.17, 15) is 4.39 Å². The maximum absolute atomic E-state index is 14.2. The van der Waals surface area contributed by atoms with Crippen LogP contribution in [0.3, 0.4) is 0 Å². The van der Waals surface area contributed by atoms with Gasteiger partial charge in [0.05, 0.1) is 5.69 Å². The molecular weight excluding hydrogens is 239 g/mol. The molecule has 3 heteroatoms. The van der Waals surface area contributed by atoms with Crippen LogP contribution < -0.4 is 10.6 Å². The maximum atomic E-state index is 14.2. The minimum atomic E-state index is -0.157. The lowest BCUT2D eigenvalue weighted by Crippen LogP contribution is -2.39. The predicted octanol–water partition coefficient (Wildman–Crippen LogP) is 3.86. The van der Waals surface area contributed by atoms with Crippen molar-refractivity contribution in [3.05, 3.63) is 29.6 Å². The van der Waals surface area contributed by atoms with Crippen LogP contribution in [-0.4, -0.2) is 13.1 Å². The number of hydrogen-bond acceptors (Lipinski definition) is 2. The zero-order valence-corrected chi connectivity index (χ0v) is 12.2. The third-order valence-electron chi connectivity index (χ3n) is 4.44. The van der Waals surface area contributed by atoms with Crippen LogP contribution in [-0.2, 0) is 0 Å². The fraction of sp³-hybridized carbons (Fsp3) is 0.625. The van der Waals surface area contributed by atoms with Crippen molar-refractivity contribution in [2.45, 2.75) is 51.6 Å². The first kappa shape index (κ1) is 14.3. The zero-order valence-electron chi connectivity index (χ0n) is 12.2. The minimum Gasteiger partial charge on any atom is -0.369 e. The second kappa shape index (κ2) is 5.91. The highest BCUT2D eigenvalue weighted by molar-refractivity contribution is 5.50. The molecule has 0 heterocycles. The summed E-state index contributed by atoms with van der Waals surface area (Å²) in [5.74, 6) is 0.473. The van der Waals surface area contributed by atoms with Crippen LogP contribution in [0.15, 0.2) is 18.2 Å². The lowest BCUT2D eigenvalue weighted by Gasteiger charge is -2.38. The number of anilines is 1. The van der Waals surface area contributed by atoms with Crippen LogP contribution in [0.4, 0.5) is 10.1 Å². The van der Waals surface area contributed by atoms with Crippen LogP contribution in [0.5, 0.6) is 0 Å². The van der Waals surface area contributed by atoms with E-state index in [0.717, 1.165) is 12.0 Å². The first-order valence-corrected chi connectivity index (χ1v) is 7.28. The Morgan fingerprint density at radius 2 is 2.00 bits per heavy atom. The normalized spacial score (nSPS) is 25.1. The van der Waals surface area contributed by atoms with Gasteiger partial charge in [-0.3, -0.25) is 0 Å². The van der Waals surface area contributed by atoms with E-state index in [4.69, 9.17) is 5.73 Å². The van der Waals surface area contributed by atoms with Crippen LogP contribution in [0.1, 0.15) is 51.1 Å². The molecule has 0 radical (unpaired) electrons. The number of nitrogens with two attached hydrogens (primary N) is 1. The number of hydrogen-bond donors (Lipinski definition) is 1. The van der Waals surface area contributed by atoms with E-state index in [0.29, 0.717) is 17.6 Å². The average molecular weight is 264 g/mol. The van der Waals surface area contributed by atoms with Gasteiger partial charge in [0, 0.05) is 19.1 Å². The Hall–Kier alpha value is -1.09. The van der Waals surface area contributed by atoms with Gasteiger partial charge in [0.1, 0.15) is 5.82 Å². The number of benzene rings is 1. The average Bonchev–Trinajstić information content (AvgIpc) is 2.38. The van der Waals surface area contributed by atoms with E-state index in [1.165, 1.54) is 19.3 Å². The van der Waals surface area contributed by atoms with Crippen molar-refractivity contribution in [2.24, 2.45) is 11.7 Å². The van der Waals surface area contributed by atoms with Gasteiger partial charge in [0.15, 0.2) is 0 Å². The molecule has 2 N–H and O–H groups in total. The largest absolute Gasteiger partial charge is 0.369 e. The molecule has 2 nitrogen and oxygen atoms in total. The molecule has 0 bridgehead atoms. The van der Waals surface area contributed by atoms with Gasteiger partial charge in [-0.15, -0.1) is 0 Å². The maximum Gasteiger partial charge on any atom is 0.146 e. The van der Waals surface area contributed by atoms with Crippen molar-refractivity contribution in [1.29, 1.82) is 0 Å². The van der Waals surface area contributed by atoms with E-state index in [-0.39, 0.29) is 11.9 Å². The van der Waals surface area contributed by atoms with Crippen molar-refractivity contribution >= 4 is 5.69 Å². The van der Waals surface area contributed by atoms with E-state index >= 15 is 0 Å². The standard InChI is InChI=1S/C16H25FN2/c1-11-6-4-5-7-15(11)19(3)16-9-8-13(12(2)18)10-14(16)17/h8-12,15H,4-7,18H2,1-3H3/t11?,12-,15?/m1/s1. The van der Waals surface area contributed by atoms with Crippen LogP contribution in [0.25, 0.3) is 0 Å². The molecule has 106 valence electrons. The van der Waals surface area contributed by atoms with Gasteiger partial charge in [-0.1, -0.05) is 25.8 Å². The van der Waals surface area contributed by atoms with Gasteiger partial charge >= 0.3 is 0 Å². The molecule has 2 rings (SSSR count). The summed E-state index contributed by atoms with van der Waals surface area (Å²) in [6.07, 6.45) is 4.96. The Balaban J connectivity index is 2.21. The first-order chi connectivity index (χ1) is 9.00. The van der Waals surface area contributed by atoms with Crippen molar-refractivity contribution in [3.8, 4) is 0 Å². The molecule has 0 aliphatic heterocycles. The van der Waals surface area contributed by atoms with Crippen molar-refractivity contribution in [1.82, 2.24) is 0 Å². The highest BCUT2D eigenvalue weighted by atomic mass is 19.1. The Bertz CT molecular complexity index is 431. The van der Waals surface area contributed by atoms with Crippen LogP contribution >= 0.6 is 0 Å². The summed E-state index contributed by atoms with van der Waals surface area (Å²) in [5, 5.41) is 0. The van der Waals surface area contributed by atoms with Gasteiger partial charge in [-0.05, 0) is 43.4 Å². The lowest BCUT2D eigenvalue weighted by molar-refractivity contribution is 0.320. The van der Waals surface area contributed by atoms with Gasteiger partial charge in [-0.2, -0.15) is 0 Å². The molecule has 1 fully saturated rings. The van der Waals surface area contributed by atoms with Crippen molar-refractivity contribution in [3.63, 3.8) is 0 Å². The Labute approximate surface area is 115 Å². The molecule has 1 aromatic carbocycles. The lowest BCUT2D eigenvalue weighted by atomic mass is 9.85. The SMILES string of the molecule is CC1CCCCC1N(C)c1ccc([C@@H](C)N)cc1F. The molecular formula is C16H25FN2. The summed E-state index contributed by atoms with van der Waals surface area (Å²) >= 11 is 0. The Morgan fingerprint density at radius 1 is 1.32 bits per heavy atom. The summed E-state index contributed by atoms with van der Waals surface area (Å²) in [6, 6.07) is 5.71. The molecule has 19 heavy (non-hydrogen) atoms. The molecule has 0 amide bonds. The molecule has 0 aromatic heterocycles. The summed E-state index contributed by atoms with van der Waals surface area (Å²) in [6.45, 7) is 4.15. The zero-order chi connectivity index (χ0) is 14.0. The Morgan fingerprint density at radius 3 is 2.58 bits per heavy atom. The summed E-state index contributed by atoms with van der Waals surface area (Å²) in [7, 11) is 2.01. The third kappa shape index (κ3) is 3.08. The predicted molar refractivity (Wildman–Crippen MR) is 78.8 cm³/mol. The first-order valence-electron chi connectivity index (χ1n) is 7.28. The fourth-order valence-corrected chi connectivity index (χ4v) is 3.14. The molecule has 0 spiro atoms. The molecule has 1 saturated carbocycles. The van der Waals surface area contributed by atoms with E-state index in [2.05, 4.69) is 11.8 Å². The third-order valence-corrected chi connectivity index (χ3v) is 4.44. The van der Waals surface area contributed by atoms with E-state index in [1.54, 1.807) is 6.07 Å². The smallest absolute Gasteiger partial charge is 0.146 e. The molecule has 2 unspecified atom stereocenters. The molecule has 1 aliphatic rings. The van der Waals surface area contributed by atoms with E-state index < -0.39 is 0 Å². The van der Waals surface area contributed by atoms with Crippen molar-refractivity contribution < 1.29 is 4.39 Å². The summed E-state index contributed by atoms with van der Waals surface area (Å²) in [5.41, 5.74) is 7.34. The fourth-order valence-electron chi connectivity index (χ4n) is 3.14. The molecule has 1 aliphatic carbocycles. The number of halogens is 1. The highest BCUT2D eigenvalue weighted by Gasteiger charge is 2.26. The Kier molecular flexibility index (Phi) is 4.46. The number of nitrogens with zero attached hydrogens (tertiary/aromatic N) is 1. The van der Waals surface area contributed by atoms with E-state index in [1.807, 2.05) is 26.1 Å². The van der Waals surface area contributed by atoms with Crippen LogP contribution in [0.2, 0.25) is 0 Å². The summed E-state index contributed by atoms with van der Waals surface area (Å²) < 4.78 is 14.2. The molecule has 1 aromatic rings. The summed E-state index contributed by atoms with van der Waals surface area (Å²) in [4.78, 5) is 2.12. The second-order valence-electron chi connectivity index (χ2n) is 5.94. The minimum absolute atomic E-state index is 0.123. The number of rotatable bonds is 3. The van der Waals surface area contributed by atoms with Gasteiger partial charge in [-0.25, -0.2) is 4.39 Å². The van der Waals surface area contributed by atoms with Gasteiger partial charge in [0.25, 0.3) is 0 Å².